The summed E-state index contributed by atoms with van der Waals surface area (Å²) in [5.74, 6) is 6.54. The second kappa shape index (κ2) is 14.9. The van der Waals surface area contributed by atoms with Crippen LogP contribution in [0.5, 0.6) is 0 Å². The van der Waals surface area contributed by atoms with E-state index in [1.807, 2.05) is 0 Å². The minimum Gasteiger partial charge on any atom is -0.233 e. The third kappa shape index (κ3) is 15.5. The highest BCUT2D eigenvalue weighted by Gasteiger charge is 2.01. The van der Waals surface area contributed by atoms with Crippen LogP contribution in [0.1, 0.15) is 97.8 Å². The Morgan fingerprint density at radius 3 is 2.05 bits per heavy atom. The van der Waals surface area contributed by atoms with Crippen LogP contribution in [0.25, 0.3) is 0 Å². The average molecular weight is 282 g/mol. The van der Waals surface area contributed by atoms with Crippen molar-refractivity contribution in [3.8, 4) is 11.8 Å². The first kappa shape index (κ1) is 19.5. The fourth-order valence-corrected chi connectivity index (χ4v) is 2.30. The number of rotatable bonds is 12. The molecule has 118 valence electrons. The standard InChI is InChI=1S/C19H35F/c1-4-5-6-7-8-9-13-16-19(20)17-14-11-10-12-15-18(2)3/h18-19H,4-13,15-16H2,1-3H3. The van der Waals surface area contributed by atoms with Crippen molar-refractivity contribution >= 4 is 0 Å². The lowest BCUT2D eigenvalue weighted by Crippen LogP contribution is -1.95. The molecule has 20 heavy (non-hydrogen) atoms. The molecule has 0 fully saturated rings. The minimum atomic E-state index is -0.893. The smallest absolute Gasteiger partial charge is 0.160 e. The molecule has 0 bridgehead atoms. The average Bonchev–Trinajstić information content (AvgIpc) is 2.41. The molecule has 0 nitrogen and oxygen atoms in total. The zero-order chi connectivity index (χ0) is 15.1. The summed E-state index contributed by atoms with van der Waals surface area (Å²) in [6.07, 6.45) is 12.9. The molecule has 0 spiro atoms. The van der Waals surface area contributed by atoms with E-state index >= 15 is 0 Å². The van der Waals surface area contributed by atoms with Gasteiger partial charge in [0.25, 0.3) is 0 Å². The van der Waals surface area contributed by atoms with E-state index in [1.165, 1.54) is 51.4 Å². The fraction of sp³-hybridized carbons (Fsp3) is 0.895. The van der Waals surface area contributed by atoms with Gasteiger partial charge in [-0.1, -0.05) is 78.1 Å². The van der Waals surface area contributed by atoms with Crippen molar-refractivity contribution < 1.29 is 4.39 Å². The van der Waals surface area contributed by atoms with E-state index in [-0.39, 0.29) is 0 Å². The molecule has 0 rings (SSSR count). The van der Waals surface area contributed by atoms with Gasteiger partial charge >= 0.3 is 0 Å². The van der Waals surface area contributed by atoms with Crippen LogP contribution in [0.4, 0.5) is 4.39 Å². The summed E-state index contributed by atoms with van der Waals surface area (Å²) in [7, 11) is 0. The number of hydrogen-bond donors (Lipinski definition) is 0. The summed E-state index contributed by atoms with van der Waals surface area (Å²) in [6.45, 7) is 6.71. The maximum Gasteiger partial charge on any atom is 0.160 e. The van der Waals surface area contributed by atoms with Crippen LogP contribution in [0.2, 0.25) is 0 Å². The molecule has 0 aromatic heterocycles. The van der Waals surface area contributed by atoms with Crippen molar-refractivity contribution in [2.75, 3.05) is 0 Å². The molecule has 0 aromatic carbocycles. The highest BCUT2D eigenvalue weighted by Crippen LogP contribution is 2.11. The van der Waals surface area contributed by atoms with Crippen LogP contribution in [-0.2, 0) is 0 Å². The van der Waals surface area contributed by atoms with E-state index in [9.17, 15) is 4.39 Å². The van der Waals surface area contributed by atoms with Crippen LogP contribution < -0.4 is 0 Å². The number of unbranched alkanes of at least 4 members (excludes halogenated alkanes) is 8. The molecule has 0 aliphatic rings. The van der Waals surface area contributed by atoms with Gasteiger partial charge in [-0.3, -0.25) is 0 Å². The molecule has 0 amide bonds. The van der Waals surface area contributed by atoms with Crippen molar-refractivity contribution in [3.63, 3.8) is 0 Å². The largest absolute Gasteiger partial charge is 0.233 e. The van der Waals surface area contributed by atoms with Crippen LogP contribution in [0.3, 0.4) is 0 Å². The van der Waals surface area contributed by atoms with E-state index in [0.717, 1.165) is 25.2 Å². The topological polar surface area (TPSA) is 0 Å². The number of hydrogen-bond acceptors (Lipinski definition) is 0. The third-order valence-electron chi connectivity index (χ3n) is 3.65. The Hall–Kier alpha value is -0.510. The zero-order valence-corrected chi connectivity index (χ0v) is 14.0. The molecular weight excluding hydrogens is 247 g/mol. The van der Waals surface area contributed by atoms with Crippen LogP contribution >= 0.6 is 0 Å². The highest BCUT2D eigenvalue weighted by molar-refractivity contribution is 5.04. The Morgan fingerprint density at radius 1 is 0.800 bits per heavy atom. The molecule has 1 unspecified atom stereocenters. The first-order valence-electron chi connectivity index (χ1n) is 8.79. The summed E-state index contributed by atoms with van der Waals surface area (Å²) in [6, 6.07) is 0. The zero-order valence-electron chi connectivity index (χ0n) is 14.0. The van der Waals surface area contributed by atoms with Gasteiger partial charge < -0.3 is 0 Å². The van der Waals surface area contributed by atoms with Crippen LogP contribution in [0.15, 0.2) is 0 Å². The molecule has 0 aliphatic heterocycles. The number of alkyl halides is 1. The van der Waals surface area contributed by atoms with Crippen molar-refractivity contribution in [1.82, 2.24) is 0 Å². The fourth-order valence-electron chi connectivity index (χ4n) is 2.30. The van der Waals surface area contributed by atoms with Gasteiger partial charge in [0.05, 0.1) is 0 Å². The first-order chi connectivity index (χ1) is 9.66. The Balaban J connectivity index is 3.33. The van der Waals surface area contributed by atoms with Crippen molar-refractivity contribution in [2.24, 2.45) is 5.92 Å². The van der Waals surface area contributed by atoms with Gasteiger partial charge in [0.2, 0.25) is 0 Å². The second-order valence-electron chi connectivity index (χ2n) is 6.34. The molecule has 1 atom stereocenters. The first-order valence-corrected chi connectivity index (χ1v) is 8.79. The van der Waals surface area contributed by atoms with E-state index in [1.54, 1.807) is 0 Å². The summed E-state index contributed by atoms with van der Waals surface area (Å²) in [5.41, 5.74) is 0. The van der Waals surface area contributed by atoms with Gasteiger partial charge in [-0.2, -0.15) is 0 Å². The normalized spacial score (nSPS) is 12.2. The predicted molar refractivity (Wildman–Crippen MR) is 88.6 cm³/mol. The van der Waals surface area contributed by atoms with Gasteiger partial charge in [-0.05, 0) is 25.2 Å². The molecule has 0 radical (unpaired) electrons. The van der Waals surface area contributed by atoms with Gasteiger partial charge in [0, 0.05) is 6.42 Å². The Kier molecular flexibility index (Phi) is 14.5. The monoisotopic (exact) mass is 282 g/mol. The molecule has 0 N–H and O–H groups in total. The molecule has 0 saturated heterocycles. The van der Waals surface area contributed by atoms with Crippen molar-refractivity contribution in [2.45, 2.75) is 104 Å². The predicted octanol–water partition coefficient (Wildman–Crippen LogP) is 6.69. The van der Waals surface area contributed by atoms with E-state index in [0.29, 0.717) is 6.42 Å². The summed E-state index contributed by atoms with van der Waals surface area (Å²) in [5, 5.41) is 0. The third-order valence-corrected chi connectivity index (χ3v) is 3.65. The summed E-state index contributed by atoms with van der Waals surface area (Å²) < 4.78 is 13.5. The summed E-state index contributed by atoms with van der Waals surface area (Å²) >= 11 is 0. The second-order valence-corrected chi connectivity index (χ2v) is 6.34. The van der Waals surface area contributed by atoms with Gasteiger partial charge in [0.1, 0.15) is 0 Å². The highest BCUT2D eigenvalue weighted by atomic mass is 19.1. The quantitative estimate of drug-likeness (QED) is 0.276. The van der Waals surface area contributed by atoms with E-state index < -0.39 is 6.17 Å². The molecule has 0 aromatic rings. The lowest BCUT2D eigenvalue weighted by Gasteiger charge is -2.02. The van der Waals surface area contributed by atoms with E-state index in [4.69, 9.17) is 0 Å². The SMILES string of the molecule is CCCCCCCCCC(F)C#CCCCCC(C)C. The number of halogens is 1. The molecule has 0 aliphatic carbocycles. The Morgan fingerprint density at radius 2 is 1.40 bits per heavy atom. The Bertz CT molecular complexity index is 246. The maximum absolute atomic E-state index is 13.5. The van der Waals surface area contributed by atoms with Crippen LogP contribution in [-0.4, -0.2) is 6.17 Å². The molecule has 0 saturated carbocycles. The Labute approximate surface area is 126 Å². The molecule has 1 heteroatoms. The molecule has 0 heterocycles. The minimum absolute atomic E-state index is 0.632. The van der Waals surface area contributed by atoms with E-state index in [2.05, 4.69) is 32.6 Å². The van der Waals surface area contributed by atoms with Gasteiger partial charge in [-0.15, -0.1) is 5.92 Å². The van der Waals surface area contributed by atoms with Crippen molar-refractivity contribution in [1.29, 1.82) is 0 Å². The van der Waals surface area contributed by atoms with Crippen molar-refractivity contribution in [3.05, 3.63) is 0 Å². The maximum atomic E-state index is 13.5. The summed E-state index contributed by atoms with van der Waals surface area (Å²) in [4.78, 5) is 0. The molecular formula is C19H35F. The lowest BCUT2D eigenvalue weighted by atomic mass is 10.1. The van der Waals surface area contributed by atoms with Gasteiger partial charge in [-0.25, -0.2) is 4.39 Å². The van der Waals surface area contributed by atoms with Crippen LogP contribution in [0, 0.1) is 17.8 Å². The lowest BCUT2D eigenvalue weighted by molar-refractivity contribution is 0.375. The van der Waals surface area contributed by atoms with Gasteiger partial charge in [0.15, 0.2) is 6.17 Å².